The number of hydrogen-bond acceptors (Lipinski definition) is 5. The minimum atomic E-state index is -0.454. The highest BCUT2D eigenvalue weighted by molar-refractivity contribution is 14.0. The van der Waals surface area contributed by atoms with Crippen molar-refractivity contribution < 1.29 is 9.53 Å². The van der Waals surface area contributed by atoms with E-state index < -0.39 is 5.60 Å². The Hall–Kier alpha value is -1.07. The number of rotatable bonds is 5. The summed E-state index contributed by atoms with van der Waals surface area (Å²) in [5.74, 6) is 1.44. The van der Waals surface area contributed by atoms with Gasteiger partial charge in [-0.2, -0.15) is 0 Å². The molecule has 9 heteroatoms. The summed E-state index contributed by atoms with van der Waals surface area (Å²) in [5.41, 5.74) is -0.454. The summed E-state index contributed by atoms with van der Waals surface area (Å²) in [6.07, 6.45) is 2.25. The summed E-state index contributed by atoms with van der Waals surface area (Å²) >= 11 is 1.84. The molecule has 3 rings (SSSR count). The highest BCUT2D eigenvalue weighted by atomic mass is 127. The minimum absolute atomic E-state index is 0. The molecule has 1 amide bonds. The molecule has 170 valence electrons. The molecular formula is C21H36IN5O2S. The van der Waals surface area contributed by atoms with Crippen molar-refractivity contribution in [1.29, 1.82) is 0 Å². The number of halogens is 1. The molecule has 1 atom stereocenters. The first-order chi connectivity index (χ1) is 13.8. The lowest BCUT2D eigenvalue weighted by atomic mass is 9.98. The molecule has 1 aromatic heterocycles. The van der Waals surface area contributed by atoms with E-state index in [0.29, 0.717) is 19.0 Å². The molecule has 0 bridgehead atoms. The molecule has 3 heterocycles. The number of carbonyl (C=O) groups excluding carboxylic acids is 1. The Kier molecular flexibility index (Phi) is 9.67. The monoisotopic (exact) mass is 549 g/mol. The Bertz CT molecular complexity index is 686. The van der Waals surface area contributed by atoms with Gasteiger partial charge in [-0.3, -0.25) is 9.89 Å². The van der Waals surface area contributed by atoms with Crippen LogP contribution in [-0.4, -0.2) is 73.3 Å². The van der Waals surface area contributed by atoms with Gasteiger partial charge in [0.25, 0.3) is 0 Å². The van der Waals surface area contributed by atoms with Crippen molar-refractivity contribution in [3.63, 3.8) is 0 Å². The van der Waals surface area contributed by atoms with Gasteiger partial charge in [-0.15, -0.1) is 35.3 Å². The lowest BCUT2D eigenvalue weighted by molar-refractivity contribution is 0.00700. The number of amides is 1. The molecule has 0 radical (unpaired) electrons. The highest BCUT2D eigenvalue weighted by Crippen LogP contribution is 2.20. The molecule has 30 heavy (non-hydrogen) atoms. The maximum Gasteiger partial charge on any atom is 0.410 e. The standard InChI is InChI=1S/C21H35N5O2S.HI/c1-21(2,3)28-20(27)26-13-17(14-26)24-19(22-4)23-11-16-7-5-9-25(12-16)15-18-8-6-10-29-18;/h6,8,10,16-17H,5,7,9,11-15H2,1-4H3,(H2,22,23,24);1H. The van der Waals surface area contributed by atoms with Gasteiger partial charge in [-0.05, 0) is 57.5 Å². The van der Waals surface area contributed by atoms with Crippen LogP contribution in [0.3, 0.4) is 0 Å². The molecule has 2 aliphatic rings. The van der Waals surface area contributed by atoms with Crippen LogP contribution in [0.1, 0.15) is 38.5 Å². The van der Waals surface area contributed by atoms with Gasteiger partial charge in [0.1, 0.15) is 5.60 Å². The second-order valence-electron chi connectivity index (χ2n) is 9.00. The molecule has 0 aliphatic carbocycles. The van der Waals surface area contributed by atoms with Gasteiger partial charge in [0.05, 0.1) is 6.04 Å². The second kappa shape index (κ2) is 11.5. The lowest BCUT2D eigenvalue weighted by Gasteiger charge is -2.40. The topological polar surface area (TPSA) is 69.2 Å². The molecule has 7 nitrogen and oxygen atoms in total. The van der Waals surface area contributed by atoms with Crippen LogP contribution in [0.15, 0.2) is 22.5 Å². The van der Waals surface area contributed by atoms with Crippen molar-refractivity contribution in [2.75, 3.05) is 39.8 Å². The molecule has 0 aromatic carbocycles. The molecule has 2 fully saturated rings. The predicted molar refractivity (Wildman–Crippen MR) is 134 cm³/mol. The number of likely N-dealkylation sites (tertiary alicyclic amines) is 2. The van der Waals surface area contributed by atoms with Crippen LogP contribution >= 0.6 is 35.3 Å². The Balaban J connectivity index is 0.00000320. The van der Waals surface area contributed by atoms with E-state index in [1.807, 2.05) is 32.1 Å². The van der Waals surface area contributed by atoms with E-state index >= 15 is 0 Å². The van der Waals surface area contributed by atoms with Crippen LogP contribution < -0.4 is 10.6 Å². The van der Waals surface area contributed by atoms with E-state index in [4.69, 9.17) is 4.74 Å². The Labute approximate surface area is 201 Å². The zero-order valence-electron chi connectivity index (χ0n) is 18.5. The number of aliphatic imine (C=N–C) groups is 1. The SMILES string of the molecule is CN=C(NCC1CCCN(Cc2cccs2)C1)NC1CN(C(=O)OC(C)(C)C)C1.I. The van der Waals surface area contributed by atoms with Crippen LogP contribution in [0.5, 0.6) is 0 Å². The van der Waals surface area contributed by atoms with Crippen molar-refractivity contribution in [2.45, 2.75) is 51.8 Å². The summed E-state index contributed by atoms with van der Waals surface area (Å²) in [5, 5.41) is 9.05. The number of ether oxygens (including phenoxy) is 1. The molecule has 2 aliphatic heterocycles. The second-order valence-corrected chi connectivity index (χ2v) is 10.0. The molecule has 0 spiro atoms. The third-order valence-electron chi connectivity index (χ3n) is 5.22. The Morgan fingerprint density at radius 2 is 2.10 bits per heavy atom. The lowest BCUT2D eigenvalue weighted by Crippen LogP contribution is -2.63. The van der Waals surface area contributed by atoms with Gasteiger partial charge >= 0.3 is 6.09 Å². The van der Waals surface area contributed by atoms with Crippen LogP contribution in [0.2, 0.25) is 0 Å². The first-order valence-electron chi connectivity index (χ1n) is 10.5. The molecular weight excluding hydrogens is 513 g/mol. The average Bonchev–Trinajstić information content (AvgIpc) is 3.12. The summed E-state index contributed by atoms with van der Waals surface area (Å²) in [4.78, 5) is 22.1. The number of guanidine groups is 1. The Morgan fingerprint density at radius 3 is 2.73 bits per heavy atom. The molecule has 0 saturated carbocycles. The van der Waals surface area contributed by atoms with Crippen molar-refractivity contribution in [3.05, 3.63) is 22.4 Å². The van der Waals surface area contributed by atoms with Gasteiger partial charge in [-0.1, -0.05) is 6.07 Å². The number of hydrogen-bond donors (Lipinski definition) is 2. The van der Waals surface area contributed by atoms with Gasteiger partial charge < -0.3 is 20.3 Å². The van der Waals surface area contributed by atoms with Crippen LogP contribution in [0.25, 0.3) is 0 Å². The average molecular weight is 550 g/mol. The predicted octanol–water partition coefficient (Wildman–Crippen LogP) is 3.36. The van der Waals surface area contributed by atoms with Crippen LogP contribution in [0.4, 0.5) is 4.79 Å². The summed E-state index contributed by atoms with van der Waals surface area (Å²) in [6, 6.07) is 4.57. The smallest absolute Gasteiger partial charge is 0.410 e. The molecule has 1 aromatic rings. The maximum atomic E-state index is 12.0. The fourth-order valence-corrected chi connectivity index (χ4v) is 4.51. The van der Waals surface area contributed by atoms with E-state index in [1.165, 1.54) is 24.3 Å². The number of piperidine rings is 1. The van der Waals surface area contributed by atoms with Crippen molar-refractivity contribution in [3.8, 4) is 0 Å². The van der Waals surface area contributed by atoms with Crippen LogP contribution in [-0.2, 0) is 11.3 Å². The third kappa shape index (κ3) is 7.88. The number of nitrogens with one attached hydrogen (secondary N) is 2. The van der Waals surface area contributed by atoms with Crippen molar-refractivity contribution >= 4 is 47.4 Å². The third-order valence-corrected chi connectivity index (χ3v) is 6.08. The van der Waals surface area contributed by atoms with E-state index in [-0.39, 0.29) is 36.1 Å². The largest absolute Gasteiger partial charge is 0.444 e. The Morgan fingerprint density at radius 1 is 1.33 bits per heavy atom. The van der Waals surface area contributed by atoms with Crippen LogP contribution in [0, 0.1) is 5.92 Å². The van der Waals surface area contributed by atoms with Gasteiger partial charge in [0.15, 0.2) is 5.96 Å². The van der Waals surface area contributed by atoms with Gasteiger partial charge in [0, 0.05) is 44.6 Å². The zero-order valence-corrected chi connectivity index (χ0v) is 21.7. The highest BCUT2D eigenvalue weighted by Gasteiger charge is 2.34. The zero-order chi connectivity index (χ0) is 20.9. The first-order valence-corrected chi connectivity index (χ1v) is 11.4. The number of thiophene rings is 1. The van der Waals surface area contributed by atoms with E-state index in [9.17, 15) is 4.79 Å². The molecule has 2 N–H and O–H groups in total. The fraction of sp³-hybridized carbons (Fsp3) is 0.714. The van der Waals surface area contributed by atoms with E-state index in [1.54, 1.807) is 11.9 Å². The van der Waals surface area contributed by atoms with Crippen molar-refractivity contribution in [1.82, 2.24) is 20.4 Å². The van der Waals surface area contributed by atoms with E-state index in [2.05, 4.69) is 38.0 Å². The number of carbonyl (C=O) groups is 1. The first kappa shape index (κ1) is 25.2. The number of nitrogens with zero attached hydrogens (tertiary/aromatic N) is 3. The molecule has 2 saturated heterocycles. The normalized spacial score (nSPS) is 20.9. The molecule has 1 unspecified atom stereocenters. The summed E-state index contributed by atoms with van der Waals surface area (Å²) in [7, 11) is 1.80. The van der Waals surface area contributed by atoms with E-state index in [0.717, 1.165) is 25.6 Å². The quantitative estimate of drug-likeness (QED) is 0.335. The fourth-order valence-electron chi connectivity index (χ4n) is 3.76. The maximum absolute atomic E-state index is 12.0. The summed E-state index contributed by atoms with van der Waals surface area (Å²) < 4.78 is 5.40. The van der Waals surface area contributed by atoms with Gasteiger partial charge in [-0.25, -0.2) is 4.79 Å². The van der Waals surface area contributed by atoms with Crippen molar-refractivity contribution in [2.24, 2.45) is 10.9 Å². The minimum Gasteiger partial charge on any atom is -0.444 e. The summed E-state index contributed by atoms with van der Waals surface area (Å²) in [6.45, 7) is 11.2. The van der Waals surface area contributed by atoms with Gasteiger partial charge in [0.2, 0.25) is 0 Å².